The summed E-state index contributed by atoms with van der Waals surface area (Å²) in [6.45, 7) is 0. The molecule has 0 amide bonds. The van der Waals surface area contributed by atoms with Gasteiger partial charge in [-0.15, -0.1) is 0 Å². The number of hydrogen-bond donors (Lipinski definition) is 0. The van der Waals surface area contributed by atoms with Gasteiger partial charge < -0.3 is 7.43 Å². The van der Waals surface area contributed by atoms with E-state index in [0.29, 0.717) is 4.38 Å². The van der Waals surface area contributed by atoms with Crippen molar-refractivity contribution >= 4 is 73.3 Å². The SMILES string of the molecule is CN(P)PC1(PN(C)P)PN(C)P1.[CH3-].[S]=[Ir][Cl].[Y].[Y].[Y].[Y].[Y].[Y].[Y].[Y].[Y].[Y].[Y].[Y]. The average molecular weight is 1630 g/mol. The maximum atomic E-state index is 4.94. The number of halogens is 1. The zero-order valence-electron chi connectivity index (χ0n) is 17.0. The van der Waals surface area contributed by atoms with E-state index in [2.05, 4.69) is 63.2 Å². The van der Waals surface area contributed by atoms with Crippen molar-refractivity contribution in [2.45, 2.75) is 4.38 Å². The van der Waals surface area contributed by atoms with Crippen LogP contribution in [0, 0.1) is 7.43 Å². The molecule has 0 saturated carbocycles. The van der Waals surface area contributed by atoms with Gasteiger partial charge in [-0.3, -0.25) is 13.3 Å². The summed E-state index contributed by atoms with van der Waals surface area (Å²) in [5, 5.41) is 0. The molecule has 0 aromatic rings. The summed E-state index contributed by atoms with van der Waals surface area (Å²) in [6, 6.07) is 0. The van der Waals surface area contributed by atoms with Crippen molar-refractivity contribution in [1.82, 2.24) is 13.3 Å². The third-order valence-corrected chi connectivity index (χ3v) is 9.55. The van der Waals surface area contributed by atoms with E-state index in [9.17, 15) is 0 Å². The van der Waals surface area contributed by atoms with Crippen molar-refractivity contribution in [1.29, 1.82) is 0 Å². The van der Waals surface area contributed by atoms with Crippen LogP contribution >= 0.6 is 73.3 Å². The Balaban J connectivity index is -0.0000000111. The average Bonchev–Trinajstić information content (AvgIpc) is 1.99. The Morgan fingerprint density at radius 3 is 1.07 bits per heavy atom. The summed E-state index contributed by atoms with van der Waals surface area (Å²) in [5.74, 6) is 0. The molecule has 6 atom stereocenters. The van der Waals surface area contributed by atoms with Crippen LogP contribution in [0.1, 0.15) is 0 Å². The van der Waals surface area contributed by atoms with Crippen LogP contribution in [0.15, 0.2) is 0 Å². The normalized spacial score (nSPS) is 16.6. The fourth-order valence-electron chi connectivity index (χ4n) is 1.16. The van der Waals surface area contributed by atoms with Gasteiger partial charge in [0.05, 0.1) is 4.38 Å². The Labute approximate surface area is 510 Å². The minimum atomic E-state index is -0.444. The molecule has 1 aliphatic heterocycles. The van der Waals surface area contributed by atoms with Gasteiger partial charge in [-0.2, -0.15) is 0 Å². The predicted molar refractivity (Wildman–Crippen MR) is 98.6 cm³/mol. The quantitative estimate of drug-likeness (QED) is 0.310. The Bertz CT molecular complexity index is 236. The minimum Gasteiger partial charge on any atom is 0 e. The van der Waals surface area contributed by atoms with Gasteiger partial charge >= 0.3 is 34.5 Å². The molecular formula is C5H20ClIrN3P6SY12-. The van der Waals surface area contributed by atoms with E-state index in [1.54, 1.807) is 0 Å². The molecule has 12 radical (unpaired) electrons. The molecule has 1 saturated heterocycles. The van der Waals surface area contributed by atoms with Crippen molar-refractivity contribution in [2.24, 2.45) is 0 Å². The fraction of sp³-hybridized carbons (Fsp3) is 0.800. The summed E-state index contributed by atoms with van der Waals surface area (Å²) in [4.78, 5) is 0. The second-order valence-corrected chi connectivity index (χ2v) is 19.4. The van der Waals surface area contributed by atoms with Gasteiger partial charge in [0.25, 0.3) is 0 Å². The molecule has 1 aliphatic rings. The molecule has 144 valence electrons. The van der Waals surface area contributed by atoms with E-state index in [1.807, 2.05) is 0 Å². The fourth-order valence-corrected chi connectivity index (χ4v) is 15.9. The second kappa shape index (κ2) is 63.5. The third kappa shape index (κ3) is 60.7. The zero-order chi connectivity index (χ0) is 12.8. The molecule has 0 N–H and O–H groups in total. The molecular weight excluding hydrogens is 1610 g/mol. The van der Waals surface area contributed by atoms with Crippen LogP contribution in [0.5, 0.6) is 0 Å². The van der Waals surface area contributed by atoms with Crippen molar-refractivity contribution in [2.75, 3.05) is 21.1 Å². The molecule has 1 fully saturated rings. The third-order valence-electron chi connectivity index (χ3n) is 1.36. The minimum absolute atomic E-state index is 0. The van der Waals surface area contributed by atoms with E-state index in [4.69, 9.17) is 9.58 Å². The van der Waals surface area contributed by atoms with E-state index in [0.717, 1.165) is 34.9 Å². The van der Waals surface area contributed by atoms with Crippen LogP contribution in [0.4, 0.5) is 0 Å². The molecule has 6 unspecified atom stereocenters. The van der Waals surface area contributed by atoms with E-state index in [-0.39, 0.29) is 400 Å². The summed E-state index contributed by atoms with van der Waals surface area (Å²) < 4.78 is 7.55. The van der Waals surface area contributed by atoms with E-state index in [1.165, 1.54) is 0 Å². The van der Waals surface area contributed by atoms with Crippen LogP contribution in [0.2, 0.25) is 0 Å². The van der Waals surface area contributed by atoms with Crippen LogP contribution in [0.3, 0.4) is 0 Å². The Kier molecular flexibility index (Phi) is 199. The van der Waals surface area contributed by atoms with Gasteiger partial charge in [0.15, 0.2) is 0 Å². The number of hydrogen-bond acceptors (Lipinski definition) is 4. The van der Waals surface area contributed by atoms with Crippen molar-refractivity contribution in [3.63, 3.8) is 0 Å². The number of rotatable bonds is 4. The second-order valence-electron chi connectivity index (χ2n) is 3.03. The van der Waals surface area contributed by atoms with Gasteiger partial charge in [0.2, 0.25) is 0 Å². The Morgan fingerprint density at radius 1 is 0.793 bits per heavy atom. The van der Waals surface area contributed by atoms with Gasteiger partial charge in [0.1, 0.15) is 0 Å². The summed E-state index contributed by atoms with van der Waals surface area (Å²) in [5.41, 5.74) is 0. The topological polar surface area (TPSA) is 9.72 Å². The largest absolute Gasteiger partial charge is 0 e. The van der Waals surface area contributed by atoms with Crippen molar-refractivity contribution < 1.29 is 407 Å². The first kappa shape index (κ1) is 90.9. The Morgan fingerprint density at radius 2 is 0.966 bits per heavy atom. The summed E-state index contributed by atoms with van der Waals surface area (Å²) >= 11 is -0.444. The predicted octanol–water partition coefficient (Wildman–Crippen LogP) is 4.12. The molecule has 0 aromatic heterocycles. The van der Waals surface area contributed by atoms with Crippen LogP contribution in [0.25, 0.3) is 0 Å². The van der Waals surface area contributed by atoms with Gasteiger partial charge in [-0.1, -0.05) is 18.8 Å². The molecule has 1 rings (SSSR count). The Hall–Kier alpha value is 16.9. The van der Waals surface area contributed by atoms with Crippen molar-refractivity contribution in [3.8, 4) is 0 Å². The molecule has 0 bridgehead atoms. The molecule has 29 heavy (non-hydrogen) atoms. The first-order chi connectivity index (χ1) is 7.35. The van der Waals surface area contributed by atoms with Gasteiger partial charge in [-0.05, 0) is 56.1 Å². The summed E-state index contributed by atoms with van der Waals surface area (Å²) in [6.07, 6.45) is 0. The zero-order valence-corrected chi connectivity index (χ0v) is 61.4. The maximum Gasteiger partial charge on any atom is 0 e. The standard InChI is InChI=1S/C4H17N3P6.CH3.ClH.Ir.S.12Y/c1-5(8)10-4(11-6(2)9)12-7(3)13-4;;;;;;;;;;;;;;;;/h10-13H,8-9H2,1-3H3;1H3;1H;;;;;;;;;;;;;;/q;-1;;+1;;;;;;;;;;;;;/p-1. The van der Waals surface area contributed by atoms with Crippen LogP contribution in [-0.2, 0) is 407 Å². The molecule has 3 nitrogen and oxygen atoms in total. The molecule has 0 spiro atoms. The first-order valence-electron chi connectivity index (χ1n) is 4.01. The van der Waals surface area contributed by atoms with Gasteiger partial charge in [-0.25, -0.2) is 0 Å². The van der Waals surface area contributed by atoms with Crippen LogP contribution in [-0.4, -0.2) is 38.8 Å². The first-order valence-corrected chi connectivity index (χ1v) is 15.0. The summed E-state index contributed by atoms with van der Waals surface area (Å²) in [7, 11) is 25.1. The number of nitrogens with zero attached hydrogens (tertiary/aromatic N) is 3. The van der Waals surface area contributed by atoms with Crippen LogP contribution < -0.4 is 0 Å². The molecule has 1 heterocycles. The van der Waals surface area contributed by atoms with E-state index >= 15 is 0 Å². The molecule has 24 heteroatoms. The van der Waals surface area contributed by atoms with Gasteiger partial charge in [0, 0.05) is 393 Å². The van der Waals surface area contributed by atoms with E-state index < -0.39 is 14.9 Å². The smallest absolute Gasteiger partial charge is 0 e. The monoisotopic (exact) mass is 1630 g/mol. The molecule has 0 aliphatic carbocycles. The molecule has 0 aromatic carbocycles. The van der Waals surface area contributed by atoms with Crippen molar-refractivity contribution in [3.05, 3.63) is 7.43 Å². The maximum absolute atomic E-state index is 4.94.